The van der Waals surface area contributed by atoms with E-state index in [1.807, 2.05) is 61.5 Å². The van der Waals surface area contributed by atoms with Gasteiger partial charge in [0.1, 0.15) is 23.9 Å². The molecular formula is C25H30N2O3S. The van der Waals surface area contributed by atoms with Crippen LogP contribution in [-0.2, 0) is 5.75 Å². The van der Waals surface area contributed by atoms with Crippen LogP contribution >= 0.6 is 11.8 Å². The highest BCUT2D eigenvalue weighted by Gasteiger charge is 2.13. The zero-order chi connectivity index (χ0) is 21.3. The maximum absolute atomic E-state index is 6.03. The normalized spacial score (nSPS) is 14.1. The number of benzene rings is 2. The zero-order valence-electron chi connectivity index (χ0n) is 18.1. The molecule has 3 aromatic rings. The minimum atomic E-state index is 0.664. The standard InChI is InChI=1S/C25H30N2O3S/c1-20-24(19-31-18-17-29-22-7-3-2-4-8-22)30-25(26-20)21-9-11-23(12-10-21)28-16-15-27-13-5-6-14-27/h2-4,7-12H,5-6,13-19H2,1H3. The molecule has 1 fully saturated rings. The van der Waals surface area contributed by atoms with Crippen LogP contribution in [0.15, 0.2) is 59.0 Å². The highest BCUT2D eigenvalue weighted by Crippen LogP contribution is 2.26. The molecule has 6 heteroatoms. The summed E-state index contributed by atoms with van der Waals surface area (Å²) in [7, 11) is 0. The van der Waals surface area contributed by atoms with Crippen molar-refractivity contribution in [2.75, 3.05) is 38.6 Å². The van der Waals surface area contributed by atoms with Crippen LogP contribution < -0.4 is 9.47 Å². The molecule has 2 aromatic carbocycles. The number of rotatable bonds is 11. The lowest BCUT2D eigenvalue weighted by molar-refractivity contribution is 0.238. The second-order valence-electron chi connectivity index (χ2n) is 7.66. The van der Waals surface area contributed by atoms with E-state index in [-0.39, 0.29) is 0 Å². The molecule has 1 aliphatic rings. The predicted molar refractivity (Wildman–Crippen MR) is 126 cm³/mol. The molecular weight excluding hydrogens is 408 g/mol. The number of aryl methyl sites for hydroxylation is 1. The molecule has 1 aromatic heterocycles. The molecule has 1 aliphatic heterocycles. The molecule has 1 saturated heterocycles. The first-order valence-corrected chi connectivity index (χ1v) is 12.1. The molecule has 164 valence electrons. The summed E-state index contributed by atoms with van der Waals surface area (Å²) in [5.74, 6) is 5.07. The smallest absolute Gasteiger partial charge is 0.226 e. The summed E-state index contributed by atoms with van der Waals surface area (Å²) in [5.41, 5.74) is 1.91. The van der Waals surface area contributed by atoms with Gasteiger partial charge in [-0.05, 0) is 69.3 Å². The second kappa shape index (κ2) is 11.3. The maximum atomic E-state index is 6.03. The average Bonchev–Trinajstić information content (AvgIpc) is 3.45. The molecule has 0 spiro atoms. The number of hydrogen-bond donors (Lipinski definition) is 0. The number of thioether (sulfide) groups is 1. The van der Waals surface area contributed by atoms with Crippen LogP contribution in [0.4, 0.5) is 0 Å². The summed E-state index contributed by atoms with van der Waals surface area (Å²) in [5, 5.41) is 0. The first kappa shape index (κ1) is 21.8. The van der Waals surface area contributed by atoms with Gasteiger partial charge in [-0.2, -0.15) is 11.8 Å². The van der Waals surface area contributed by atoms with Crippen LogP contribution in [0, 0.1) is 6.92 Å². The third kappa shape index (κ3) is 6.52. The van der Waals surface area contributed by atoms with Crippen molar-refractivity contribution in [3.05, 3.63) is 66.1 Å². The minimum absolute atomic E-state index is 0.664. The molecule has 0 radical (unpaired) electrons. The molecule has 0 N–H and O–H groups in total. The van der Waals surface area contributed by atoms with Gasteiger partial charge in [0.25, 0.3) is 0 Å². The van der Waals surface area contributed by atoms with Gasteiger partial charge in [-0.3, -0.25) is 4.90 Å². The van der Waals surface area contributed by atoms with Crippen LogP contribution in [0.1, 0.15) is 24.3 Å². The highest BCUT2D eigenvalue weighted by atomic mass is 32.2. The number of oxazole rings is 1. The van der Waals surface area contributed by atoms with Gasteiger partial charge in [-0.15, -0.1) is 0 Å². The Morgan fingerprint density at radius 2 is 1.65 bits per heavy atom. The van der Waals surface area contributed by atoms with Crippen molar-refractivity contribution in [1.29, 1.82) is 0 Å². The Hall–Kier alpha value is -2.44. The maximum Gasteiger partial charge on any atom is 0.226 e. The van der Waals surface area contributed by atoms with E-state index in [4.69, 9.17) is 13.9 Å². The Bertz CT molecular complexity index is 922. The van der Waals surface area contributed by atoms with Gasteiger partial charge in [0.15, 0.2) is 0 Å². The van der Waals surface area contributed by atoms with Crippen molar-refractivity contribution in [2.45, 2.75) is 25.5 Å². The minimum Gasteiger partial charge on any atom is -0.493 e. The second-order valence-corrected chi connectivity index (χ2v) is 8.77. The van der Waals surface area contributed by atoms with Gasteiger partial charge in [-0.1, -0.05) is 18.2 Å². The lowest BCUT2D eigenvalue weighted by Crippen LogP contribution is -2.25. The van der Waals surface area contributed by atoms with E-state index in [1.54, 1.807) is 11.8 Å². The van der Waals surface area contributed by atoms with Crippen molar-refractivity contribution in [3.63, 3.8) is 0 Å². The monoisotopic (exact) mass is 438 g/mol. The largest absolute Gasteiger partial charge is 0.493 e. The first-order valence-electron chi connectivity index (χ1n) is 11.0. The van der Waals surface area contributed by atoms with Crippen LogP contribution in [0.2, 0.25) is 0 Å². The van der Waals surface area contributed by atoms with Gasteiger partial charge in [0.05, 0.1) is 18.1 Å². The predicted octanol–water partition coefficient (Wildman–Crippen LogP) is 5.44. The number of ether oxygens (including phenoxy) is 2. The zero-order valence-corrected chi connectivity index (χ0v) is 18.9. The summed E-state index contributed by atoms with van der Waals surface area (Å²) in [6.07, 6.45) is 2.62. The van der Waals surface area contributed by atoms with Crippen molar-refractivity contribution < 1.29 is 13.9 Å². The fraction of sp³-hybridized carbons (Fsp3) is 0.400. The number of likely N-dealkylation sites (tertiary alicyclic amines) is 1. The van der Waals surface area contributed by atoms with E-state index in [0.717, 1.165) is 53.2 Å². The van der Waals surface area contributed by atoms with Gasteiger partial charge < -0.3 is 13.9 Å². The molecule has 0 bridgehead atoms. The van der Waals surface area contributed by atoms with Crippen molar-refractivity contribution in [3.8, 4) is 23.0 Å². The number of nitrogens with zero attached hydrogens (tertiary/aromatic N) is 2. The van der Waals surface area contributed by atoms with E-state index < -0.39 is 0 Å². The molecule has 0 saturated carbocycles. The van der Waals surface area contributed by atoms with Crippen LogP contribution in [-0.4, -0.2) is 48.5 Å². The molecule has 0 atom stereocenters. The molecule has 0 aliphatic carbocycles. The third-order valence-corrected chi connectivity index (χ3v) is 6.26. The lowest BCUT2D eigenvalue weighted by atomic mass is 10.2. The quantitative estimate of drug-likeness (QED) is 0.372. The number of aromatic nitrogens is 1. The fourth-order valence-corrected chi connectivity index (χ4v) is 4.38. The van der Waals surface area contributed by atoms with Gasteiger partial charge in [-0.25, -0.2) is 4.98 Å². The van der Waals surface area contributed by atoms with Crippen molar-refractivity contribution in [2.24, 2.45) is 0 Å². The molecule has 0 amide bonds. The SMILES string of the molecule is Cc1nc(-c2ccc(OCCN3CCCC3)cc2)oc1CSCCOc1ccccc1. The highest BCUT2D eigenvalue weighted by molar-refractivity contribution is 7.98. The molecule has 5 nitrogen and oxygen atoms in total. The Labute approximate surface area is 188 Å². The number of hydrogen-bond acceptors (Lipinski definition) is 6. The van der Waals surface area contributed by atoms with Crippen LogP contribution in [0.3, 0.4) is 0 Å². The topological polar surface area (TPSA) is 47.7 Å². The van der Waals surface area contributed by atoms with Crippen molar-refractivity contribution >= 4 is 11.8 Å². The van der Waals surface area contributed by atoms with E-state index in [9.17, 15) is 0 Å². The Morgan fingerprint density at radius 3 is 2.42 bits per heavy atom. The van der Waals surface area contributed by atoms with Gasteiger partial charge in [0, 0.05) is 17.9 Å². The van der Waals surface area contributed by atoms with Crippen LogP contribution in [0.5, 0.6) is 11.5 Å². The Kier molecular flexibility index (Phi) is 7.91. The Morgan fingerprint density at radius 1 is 0.935 bits per heavy atom. The van der Waals surface area contributed by atoms with Crippen LogP contribution in [0.25, 0.3) is 11.5 Å². The Balaban J connectivity index is 1.22. The molecule has 2 heterocycles. The summed E-state index contributed by atoms with van der Waals surface area (Å²) >= 11 is 1.79. The average molecular weight is 439 g/mol. The first-order chi connectivity index (χ1) is 15.3. The molecule has 4 rings (SSSR count). The van der Waals surface area contributed by atoms with E-state index >= 15 is 0 Å². The van der Waals surface area contributed by atoms with E-state index in [2.05, 4.69) is 9.88 Å². The summed E-state index contributed by atoms with van der Waals surface area (Å²) < 4.78 is 17.7. The molecule has 31 heavy (non-hydrogen) atoms. The lowest BCUT2D eigenvalue weighted by Gasteiger charge is -2.14. The van der Waals surface area contributed by atoms with E-state index in [0.29, 0.717) is 12.5 Å². The summed E-state index contributed by atoms with van der Waals surface area (Å²) in [4.78, 5) is 7.07. The molecule has 0 unspecified atom stereocenters. The summed E-state index contributed by atoms with van der Waals surface area (Å²) in [6, 6.07) is 17.9. The van der Waals surface area contributed by atoms with Gasteiger partial charge >= 0.3 is 0 Å². The van der Waals surface area contributed by atoms with E-state index in [1.165, 1.54) is 25.9 Å². The van der Waals surface area contributed by atoms with Gasteiger partial charge in [0.2, 0.25) is 5.89 Å². The number of para-hydroxylation sites is 1. The van der Waals surface area contributed by atoms with Crippen molar-refractivity contribution in [1.82, 2.24) is 9.88 Å². The summed E-state index contributed by atoms with van der Waals surface area (Å²) in [6.45, 7) is 6.80. The third-order valence-electron chi connectivity index (χ3n) is 5.34. The fourth-order valence-electron chi connectivity index (χ4n) is 3.58.